The van der Waals surface area contributed by atoms with Crippen molar-refractivity contribution >= 4 is 11.1 Å². The fourth-order valence-corrected chi connectivity index (χ4v) is 3.13. The standard InChI is InChI=1S/C16H15N3O3/c20-11-8-4-3-7-10(11)15-17-13-12(9-5-1-2-6-9)19-22-14(13)16(21)18-15/h3-4,7-9,20H,1-2,5-6H2,(H,17,18,21). The number of nitrogens with zero attached hydrogens (tertiary/aromatic N) is 2. The molecule has 0 radical (unpaired) electrons. The predicted octanol–water partition coefficient (Wildman–Crippen LogP) is 2.94. The van der Waals surface area contributed by atoms with Gasteiger partial charge in [0.2, 0.25) is 5.58 Å². The van der Waals surface area contributed by atoms with E-state index in [0.29, 0.717) is 22.8 Å². The van der Waals surface area contributed by atoms with Crippen molar-refractivity contribution in [2.24, 2.45) is 0 Å². The van der Waals surface area contributed by atoms with E-state index in [1.54, 1.807) is 24.3 Å². The molecule has 3 aromatic rings. The molecule has 1 aliphatic carbocycles. The zero-order valence-corrected chi connectivity index (χ0v) is 11.9. The number of H-pyrrole nitrogens is 1. The Bertz CT molecular complexity index is 891. The Balaban J connectivity index is 1.93. The summed E-state index contributed by atoms with van der Waals surface area (Å²) >= 11 is 0. The molecule has 1 fully saturated rings. The van der Waals surface area contributed by atoms with Crippen LogP contribution in [0.1, 0.15) is 37.3 Å². The third kappa shape index (κ3) is 1.99. The number of phenolic OH excluding ortho intramolecular Hbond substituents is 1. The molecule has 0 unspecified atom stereocenters. The van der Waals surface area contributed by atoms with E-state index in [9.17, 15) is 9.90 Å². The van der Waals surface area contributed by atoms with Crippen LogP contribution in [0.4, 0.5) is 0 Å². The molecule has 1 aromatic carbocycles. The molecule has 2 aromatic heterocycles. The van der Waals surface area contributed by atoms with Gasteiger partial charge < -0.3 is 14.6 Å². The predicted molar refractivity (Wildman–Crippen MR) is 80.7 cm³/mol. The van der Waals surface area contributed by atoms with Crippen LogP contribution in [0, 0.1) is 0 Å². The van der Waals surface area contributed by atoms with E-state index in [-0.39, 0.29) is 16.9 Å². The van der Waals surface area contributed by atoms with Crippen LogP contribution in [0.5, 0.6) is 5.75 Å². The number of hydrogen-bond donors (Lipinski definition) is 2. The Kier molecular flexibility index (Phi) is 2.96. The monoisotopic (exact) mass is 297 g/mol. The molecule has 0 bridgehead atoms. The third-order valence-electron chi connectivity index (χ3n) is 4.26. The van der Waals surface area contributed by atoms with Crippen LogP contribution in [-0.4, -0.2) is 20.2 Å². The van der Waals surface area contributed by atoms with Crippen molar-refractivity contribution in [2.75, 3.05) is 0 Å². The zero-order valence-electron chi connectivity index (χ0n) is 11.9. The molecule has 4 rings (SSSR count). The van der Waals surface area contributed by atoms with Crippen molar-refractivity contribution in [3.63, 3.8) is 0 Å². The van der Waals surface area contributed by atoms with Gasteiger partial charge in [0, 0.05) is 5.92 Å². The Hall–Kier alpha value is -2.63. The highest BCUT2D eigenvalue weighted by molar-refractivity contribution is 5.77. The molecular weight excluding hydrogens is 282 g/mol. The van der Waals surface area contributed by atoms with Gasteiger partial charge >= 0.3 is 0 Å². The lowest BCUT2D eigenvalue weighted by atomic mass is 10.0. The lowest BCUT2D eigenvalue weighted by Crippen LogP contribution is -2.09. The van der Waals surface area contributed by atoms with Gasteiger partial charge in [-0.3, -0.25) is 4.79 Å². The Labute approximate surface area is 125 Å². The summed E-state index contributed by atoms with van der Waals surface area (Å²) in [6, 6.07) is 6.77. The van der Waals surface area contributed by atoms with Crippen molar-refractivity contribution in [3.8, 4) is 17.1 Å². The van der Waals surface area contributed by atoms with Crippen molar-refractivity contribution in [1.82, 2.24) is 15.1 Å². The summed E-state index contributed by atoms with van der Waals surface area (Å²) in [6.45, 7) is 0. The second-order valence-electron chi connectivity index (χ2n) is 5.66. The minimum absolute atomic E-state index is 0.0730. The van der Waals surface area contributed by atoms with E-state index in [1.165, 1.54) is 0 Å². The largest absolute Gasteiger partial charge is 0.507 e. The van der Waals surface area contributed by atoms with E-state index in [2.05, 4.69) is 15.1 Å². The summed E-state index contributed by atoms with van der Waals surface area (Å²) in [7, 11) is 0. The molecule has 0 spiro atoms. The summed E-state index contributed by atoms with van der Waals surface area (Å²) in [5, 5.41) is 14.0. The summed E-state index contributed by atoms with van der Waals surface area (Å²) in [6.07, 6.45) is 4.41. The van der Waals surface area contributed by atoms with E-state index < -0.39 is 0 Å². The van der Waals surface area contributed by atoms with Crippen LogP contribution in [0.25, 0.3) is 22.5 Å². The summed E-state index contributed by atoms with van der Waals surface area (Å²) in [5.74, 6) is 0.703. The second-order valence-corrected chi connectivity index (χ2v) is 5.66. The molecule has 0 atom stereocenters. The van der Waals surface area contributed by atoms with Crippen molar-refractivity contribution in [3.05, 3.63) is 40.3 Å². The minimum atomic E-state index is -0.375. The Morgan fingerprint density at radius 2 is 2.00 bits per heavy atom. The maximum atomic E-state index is 12.2. The SMILES string of the molecule is O=c1[nH]c(-c2ccccc2O)nc2c(C3CCCC3)noc12. The number of aromatic hydroxyl groups is 1. The van der Waals surface area contributed by atoms with Crippen LogP contribution in [0.15, 0.2) is 33.6 Å². The summed E-state index contributed by atoms with van der Waals surface area (Å²) in [5.41, 5.74) is 1.53. The molecule has 1 aliphatic rings. The first kappa shape index (κ1) is 13.1. The van der Waals surface area contributed by atoms with E-state index in [4.69, 9.17) is 4.52 Å². The third-order valence-corrected chi connectivity index (χ3v) is 4.26. The first-order valence-electron chi connectivity index (χ1n) is 7.42. The molecule has 0 amide bonds. The van der Waals surface area contributed by atoms with Crippen molar-refractivity contribution in [1.29, 1.82) is 0 Å². The van der Waals surface area contributed by atoms with E-state index >= 15 is 0 Å². The molecule has 1 saturated carbocycles. The van der Waals surface area contributed by atoms with Gasteiger partial charge in [-0.15, -0.1) is 0 Å². The van der Waals surface area contributed by atoms with Crippen molar-refractivity contribution < 1.29 is 9.63 Å². The van der Waals surface area contributed by atoms with E-state index in [0.717, 1.165) is 31.4 Å². The number of aromatic amines is 1. The van der Waals surface area contributed by atoms with Crippen LogP contribution >= 0.6 is 0 Å². The molecule has 112 valence electrons. The van der Waals surface area contributed by atoms with Crippen LogP contribution in [-0.2, 0) is 0 Å². The minimum Gasteiger partial charge on any atom is -0.507 e. The normalized spacial score (nSPS) is 15.6. The fourth-order valence-electron chi connectivity index (χ4n) is 3.13. The molecule has 0 saturated heterocycles. The van der Waals surface area contributed by atoms with E-state index in [1.807, 2.05) is 0 Å². The number of hydrogen-bond acceptors (Lipinski definition) is 5. The first-order valence-corrected chi connectivity index (χ1v) is 7.42. The number of benzene rings is 1. The summed E-state index contributed by atoms with van der Waals surface area (Å²) < 4.78 is 5.19. The second kappa shape index (κ2) is 4.98. The highest BCUT2D eigenvalue weighted by Crippen LogP contribution is 2.36. The first-order chi connectivity index (χ1) is 10.7. The van der Waals surface area contributed by atoms with Gasteiger partial charge in [-0.1, -0.05) is 30.1 Å². The number of aromatic nitrogens is 3. The zero-order chi connectivity index (χ0) is 15.1. The van der Waals surface area contributed by atoms with Crippen LogP contribution < -0.4 is 5.56 Å². The van der Waals surface area contributed by atoms with Gasteiger partial charge in [0.1, 0.15) is 22.8 Å². The number of phenols is 1. The average molecular weight is 297 g/mol. The smallest absolute Gasteiger partial charge is 0.297 e. The molecule has 6 heteroatoms. The van der Waals surface area contributed by atoms with Gasteiger partial charge in [-0.05, 0) is 25.0 Å². The highest BCUT2D eigenvalue weighted by atomic mass is 16.5. The fraction of sp³-hybridized carbons (Fsp3) is 0.312. The molecule has 22 heavy (non-hydrogen) atoms. The number of fused-ring (bicyclic) bond motifs is 1. The van der Waals surface area contributed by atoms with Gasteiger partial charge in [0.25, 0.3) is 5.56 Å². The van der Waals surface area contributed by atoms with Gasteiger partial charge in [-0.25, -0.2) is 4.98 Å². The Morgan fingerprint density at radius 1 is 1.23 bits per heavy atom. The number of rotatable bonds is 2. The average Bonchev–Trinajstić information content (AvgIpc) is 3.16. The lowest BCUT2D eigenvalue weighted by molar-refractivity contribution is 0.434. The quantitative estimate of drug-likeness (QED) is 0.758. The van der Waals surface area contributed by atoms with Crippen molar-refractivity contribution in [2.45, 2.75) is 31.6 Å². The molecule has 2 heterocycles. The van der Waals surface area contributed by atoms with Crippen LogP contribution in [0.3, 0.4) is 0 Å². The number of para-hydroxylation sites is 1. The maximum absolute atomic E-state index is 12.2. The molecule has 6 nitrogen and oxygen atoms in total. The summed E-state index contributed by atoms with van der Waals surface area (Å²) in [4.78, 5) is 19.4. The Morgan fingerprint density at radius 3 is 2.77 bits per heavy atom. The lowest BCUT2D eigenvalue weighted by Gasteiger charge is -2.05. The maximum Gasteiger partial charge on any atom is 0.297 e. The van der Waals surface area contributed by atoms with Gasteiger partial charge in [0.15, 0.2) is 0 Å². The van der Waals surface area contributed by atoms with Crippen LogP contribution in [0.2, 0.25) is 0 Å². The topological polar surface area (TPSA) is 92.0 Å². The van der Waals surface area contributed by atoms with Gasteiger partial charge in [0.05, 0.1) is 5.56 Å². The number of nitrogens with one attached hydrogen (secondary N) is 1. The molecule has 0 aliphatic heterocycles. The molecule has 2 N–H and O–H groups in total. The van der Waals surface area contributed by atoms with Gasteiger partial charge in [-0.2, -0.15) is 0 Å². The molecular formula is C16H15N3O3. The highest BCUT2D eigenvalue weighted by Gasteiger charge is 2.25.